The van der Waals surface area contributed by atoms with E-state index in [1.807, 2.05) is 4.90 Å². The maximum absolute atomic E-state index is 13.1. The summed E-state index contributed by atoms with van der Waals surface area (Å²) in [5, 5.41) is 13.9. The quantitative estimate of drug-likeness (QED) is 0.467. The zero-order chi connectivity index (χ0) is 21.0. The molecule has 2 aromatic rings. The van der Waals surface area contributed by atoms with Gasteiger partial charge in [0, 0.05) is 25.2 Å². The van der Waals surface area contributed by atoms with E-state index in [0.717, 1.165) is 0 Å². The minimum atomic E-state index is -0.578. The van der Waals surface area contributed by atoms with Gasteiger partial charge in [-0.25, -0.2) is 4.79 Å². The number of nitrogens with one attached hydrogen (secondary N) is 1. The first-order valence-electron chi connectivity index (χ1n) is 9.02. The number of morpholine rings is 1. The minimum Gasteiger partial charge on any atom is -0.465 e. The van der Waals surface area contributed by atoms with E-state index in [1.165, 1.54) is 19.2 Å². The lowest BCUT2D eigenvalue weighted by Crippen LogP contribution is -2.37. The van der Waals surface area contributed by atoms with Gasteiger partial charge in [0.15, 0.2) is 0 Å². The third-order valence-corrected chi connectivity index (χ3v) is 4.70. The lowest BCUT2D eigenvalue weighted by molar-refractivity contribution is -0.384. The number of carbonyl (C=O) groups excluding carboxylic acids is 2. The Balaban J connectivity index is 2.00. The molecule has 0 unspecified atom stereocenters. The number of esters is 1. The maximum atomic E-state index is 13.1. The Bertz CT molecular complexity index is 953. The molecule has 0 spiro atoms. The highest BCUT2D eigenvalue weighted by atomic mass is 16.6. The van der Waals surface area contributed by atoms with Crippen LogP contribution in [0.2, 0.25) is 0 Å². The van der Waals surface area contributed by atoms with E-state index < -0.39 is 16.8 Å². The average Bonchev–Trinajstić information content (AvgIpc) is 2.73. The molecule has 152 valence electrons. The first kappa shape index (κ1) is 20.3. The van der Waals surface area contributed by atoms with Crippen molar-refractivity contribution >= 4 is 28.9 Å². The molecular weight excluding hydrogens is 378 g/mol. The van der Waals surface area contributed by atoms with Gasteiger partial charge < -0.3 is 19.7 Å². The Morgan fingerprint density at radius 2 is 1.93 bits per heavy atom. The van der Waals surface area contributed by atoms with Gasteiger partial charge in [-0.05, 0) is 24.6 Å². The zero-order valence-corrected chi connectivity index (χ0v) is 16.1. The lowest BCUT2D eigenvalue weighted by Gasteiger charge is -2.30. The molecule has 0 radical (unpaired) electrons. The van der Waals surface area contributed by atoms with Crippen molar-refractivity contribution in [1.29, 1.82) is 0 Å². The molecule has 1 aliphatic rings. The number of nitro benzene ring substituents is 1. The fourth-order valence-electron chi connectivity index (χ4n) is 3.23. The molecule has 9 nitrogen and oxygen atoms in total. The third kappa shape index (κ3) is 4.35. The summed E-state index contributed by atoms with van der Waals surface area (Å²) in [5.41, 5.74) is 1.69. The lowest BCUT2D eigenvalue weighted by atomic mass is 10.1. The maximum Gasteiger partial charge on any atom is 0.340 e. The third-order valence-electron chi connectivity index (χ3n) is 4.70. The summed E-state index contributed by atoms with van der Waals surface area (Å²) in [6.45, 7) is 3.87. The number of non-ortho nitro benzene ring substituents is 1. The number of hydrogen-bond donors (Lipinski definition) is 1. The Hall–Kier alpha value is -3.46. The van der Waals surface area contributed by atoms with Crippen LogP contribution in [0.4, 0.5) is 17.1 Å². The average molecular weight is 399 g/mol. The molecule has 1 amide bonds. The van der Waals surface area contributed by atoms with Crippen LogP contribution in [0.25, 0.3) is 0 Å². The highest BCUT2D eigenvalue weighted by molar-refractivity contribution is 6.11. The predicted molar refractivity (Wildman–Crippen MR) is 107 cm³/mol. The van der Waals surface area contributed by atoms with Crippen molar-refractivity contribution in [1.82, 2.24) is 0 Å². The van der Waals surface area contributed by atoms with Crippen molar-refractivity contribution in [2.75, 3.05) is 43.6 Å². The summed E-state index contributed by atoms with van der Waals surface area (Å²) >= 11 is 0. The SMILES string of the molecule is COC(=O)c1c(C)cccc1NC(=O)c1cc([N+](=O)[O-])ccc1N1CCOCC1. The van der Waals surface area contributed by atoms with E-state index >= 15 is 0 Å². The Kier molecular flexibility index (Phi) is 6.08. The van der Waals surface area contributed by atoms with Crippen LogP contribution in [0.1, 0.15) is 26.3 Å². The summed E-state index contributed by atoms with van der Waals surface area (Å²) in [6.07, 6.45) is 0. The zero-order valence-electron chi connectivity index (χ0n) is 16.1. The van der Waals surface area contributed by atoms with Gasteiger partial charge in [-0.15, -0.1) is 0 Å². The van der Waals surface area contributed by atoms with Gasteiger partial charge in [0.05, 0.1) is 47.7 Å². The van der Waals surface area contributed by atoms with Gasteiger partial charge in [0.25, 0.3) is 11.6 Å². The van der Waals surface area contributed by atoms with E-state index in [9.17, 15) is 19.7 Å². The molecule has 0 aliphatic carbocycles. The number of rotatable bonds is 5. The number of amides is 1. The van der Waals surface area contributed by atoms with Crippen LogP contribution in [-0.2, 0) is 9.47 Å². The van der Waals surface area contributed by atoms with Crippen LogP contribution in [0.15, 0.2) is 36.4 Å². The number of anilines is 2. The second-order valence-electron chi connectivity index (χ2n) is 6.50. The van der Waals surface area contributed by atoms with Crippen molar-refractivity contribution in [3.63, 3.8) is 0 Å². The molecule has 1 fully saturated rings. The van der Waals surface area contributed by atoms with Crippen LogP contribution in [-0.4, -0.2) is 50.2 Å². The number of methoxy groups -OCH3 is 1. The van der Waals surface area contributed by atoms with E-state index in [-0.39, 0.29) is 22.5 Å². The smallest absolute Gasteiger partial charge is 0.340 e. The predicted octanol–water partition coefficient (Wildman–Crippen LogP) is 2.78. The molecule has 1 N–H and O–H groups in total. The summed E-state index contributed by atoms with van der Waals surface area (Å²) < 4.78 is 10.2. The number of nitrogens with zero attached hydrogens (tertiary/aromatic N) is 2. The summed E-state index contributed by atoms with van der Waals surface area (Å²) in [7, 11) is 1.26. The van der Waals surface area contributed by atoms with Gasteiger partial charge >= 0.3 is 5.97 Å². The Morgan fingerprint density at radius 3 is 2.59 bits per heavy atom. The van der Waals surface area contributed by atoms with Crippen LogP contribution in [0.5, 0.6) is 0 Å². The molecule has 0 aromatic heterocycles. The van der Waals surface area contributed by atoms with Crippen molar-refractivity contribution in [3.05, 3.63) is 63.2 Å². The number of ether oxygens (including phenoxy) is 2. The molecule has 9 heteroatoms. The fraction of sp³-hybridized carbons (Fsp3) is 0.300. The first-order chi connectivity index (χ1) is 13.9. The van der Waals surface area contributed by atoms with Gasteiger partial charge in [-0.1, -0.05) is 12.1 Å². The normalized spacial score (nSPS) is 13.7. The second-order valence-corrected chi connectivity index (χ2v) is 6.50. The molecule has 0 atom stereocenters. The van der Waals surface area contributed by atoms with Gasteiger partial charge in [-0.2, -0.15) is 0 Å². The topological polar surface area (TPSA) is 111 Å². The molecule has 1 saturated heterocycles. The Morgan fingerprint density at radius 1 is 1.21 bits per heavy atom. The van der Waals surface area contributed by atoms with E-state index in [4.69, 9.17) is 9.47 Å². The Labute approximate surface area is 167 Å². The molecular formula is C20H21N3O6. The number of nitro groups is 1. The van der Waals surface area contributed by atoms with Crippen molar-refractivity contribution < 1.29 is 24.0 Å². The van der Waals surface area contributed by atoms with E-state index in [0.29, 0.717) is 37.6 Å². The van der Waals surface area contributed by atoms with E-state index in [2.05, 4.69) is 5.32 Å². The van der Waals surface area contributed by atoms with Crippen molar-refractivity contribution in [2.24, 2.45) is 0 Å². The van der Waals surface area contributed by atoms with Gasteiger partial charge in [-0.3, -0.25) is 14.9 Å². The number of aryl methyl sites for hydroxylation is 1. The standard InChI is InChI=1S/C20H21N3O6/c1-13-4-3-5-16(18(13)20(25)28-2)21-19(24)15-12-14(23(26)27)6-7-17(15)22-8-10-29-11-9-22/h3-7,12H,8-11H2,1-2H3,(H,21,24). The number of benzene rings is 2. The van der Waals surface area contributed by atoms with Crippen LogP contribution >= 0.6 is 0 Å². The van der Waals surface area contributed by atoms with Crippen LogP contribution in [0, 0.1) is 17.0 Å². The minimum absolute atomic E-state index is 0.151. The molecule has 29 heavy (non-hydrogen) atoms. The highest BCUT2D eigenvalue weighted by Crippen LogP contribution is 2.28. The first-order valence-corrected chi connectivity index (χ1v) is 9.02. The monoisotopic (exact) mass is 399 g/mol. The van der Waals surface area contributed by atoms with E-state index in [1.54, 1.807) is 31.2 Å². The number of hydrogen-bond acceptors (Lipinski definition) is 7. The molecule has 3 rings (SSSR count). The summed E-state index contributed by atoms with van der Waals surface area (Å²) in [5.74, 6) is -1.13. The fourth-order valence-corrected chi connectivity index (χ4v) is 3.23. The highest BCUT2D eigenvalue weighted by Gasteiger charge is 2.24. The molecule has 2 aromatic carbocycles. The van der Waals surface area contributed by atoms with Gasteiger partial charge in [0.1, 0.15) is 0 Å². The largest absolute Gasteiger partial charge is 0.465 e. The van der Waals surface area contributed by atoms with Crippen molar-refractivity contribution in [2.45, 2.75) is 6.92 Å². The molecule has 0 bridgehead atoms. The van der Waals surface area contributed by atoms with Crippen molar-refractivity contribution in [3.8, 4) is 0 Å². The summed E-state index contributed by atoms with van der Waals surface area (Å²) in [4.78, 5) is 37.9. The van der Waals surface area contributed by atoms with Crippen LogP contribution in [0.3, 0.4) is 0 Å². The molecule has 0 saturated carbocycles. The molecule has 1 aliphatic heterocycles. The summed E-state index contributed by atoms with van der Waals surface area (Å²) in [6, 6.07) is 9.20. The number of carbonyl (C=O) groups is 2. The van der Waals surface area contributed by atoms with Crippen LogP contribution < -0.4 is 10.2 Å². The second kappa shape index (κ2) is 8.70. The molecule has 1 heterocycles. The van der Waals surface area contributed by atoms with Gasteiger partial charge in [0.2, 0.25) is 0 Å².